The number of aryl methyl sites for hydroxylation is 1. The van der Waals surface area contributed by atoms with E-state index >= 15 is 0 Å². The van der Waals surface area contributed by atoms with Crippen molar-refractivity contribution in [1.82, 2.24) is 9.88 Å². The Morgan fingerprint density at radius 1 is 1.50 bits per heavy atom. The molecule has 0 aliphatic rings. The maximum absolute atomic E-state index is 11.9. The summed E-state index contributed by atoms with van der Waals surface area (Å²) in [6, 6.07) is 3.50. The molecule has 0 aliphatic heterocycles. The summed E-state index contributed by atoms with van der Waals surface area (Å²) in [5.41, 5.74) is 1.75. The molecule has 16 heavy (non-hydrogen) atoms. The highest BCUT2D eigenvalue weighted by Crippen LogP contribution is 2.20. The van der Waals surface area contributed by atoms with Crippen molar-refractivity contribution in [2.24, 2.45) is 0 Å². The van der Waals surface area contributed by atoms with Crippen molar-refractivity contribution < 1.29 is 9.90 Å². The summed E-state index contributed by atoms with van der Waals surface area (Å²) in [5, 5.41) is 9.83. The van der Waals surface area contributed by atoms with Crippen molar-refractivity contribution in [2.45, 2.75) is 26.4 Å². The molecule has 1 amide bonds. The molecule has 1 aromatic heterocycles. The molecule has 1 heterocycles. The number of hydrogen-bond donors (Lipinski definition) is 1. The fraction of sp³-hybridized carbons (Fsp3) is 0.500. The van der Waals surface area contributed by atoms with E-state index in [1.165, 1.54) is 4.90 Å². The molecule has 0 aromatic carbocycles. The lowest BCUT2D eigenvalue weighted by molar-refractivity contribution is 0.0817. The minimum Gasteiger partial charge on any atom is -0.387 e. The molecular weight excluding hydrogens is 204 g/mol. The van der Waals surface area contributed by atoms with Crippen LogP contribution in [0, 0.1) is 6.92 Å². The average Bonchev–Trinajstić information content (AvgIpc) is 2.26. The molecule has 4 heteroatoms. The van der Waals surface area contributed by atoms with Gasteiger partial charge in [0.15, 0.2) is 0 Å². The van der Waals surface area contributed by atoms with Crippen LogP contribution >= 0.6 is 0 Å². The van der Waals surface area contributed by atoms with Gasteiger partial charge in [-0.1, -0.05) is 6.92 Å². The highest BCUT2D eigenvalue weighted by atomic mass is 16.3. The second kappa shape index (κ2) is 5.07. The SMILES string of the molecule is CCC(O)c1nc(C)ccc1C(=O)N(C)C. The monoisotopic (exact) mass is 222 g/mol. The van der Waals surface area contributed by atoms with Gasteiger partial charge in [0.25, 0.3) is 5.91 Å². The first-order chi connectivity index (χ1) is 7.47. The van der Waals surface area contributed by atoms with Gasteiger partial charge in [-0.2, -0.15) is 0 Å². The fourth-order valence-corrected chi connectivity index (χ4v) is 1.45. The van der Waals surface area contributed by atoms with E-state index in [0.717, 1.165) is 5.69 Å². The van der Waals surface area contributed by atoms with Crippen LogP contribution < -0.4 is 0 Å². The number of aliphatic hydroxyl groups is 1. The molecule has 1 aromatic rings. The molecule has 1 unspecified atom stereocenters. The first-order valence-corrected chi connectivity index (χ1v) is 5.34. The van der Waals surface area contributed by atoms with Crippen molar-refractivity contribution in [3.8, 4) is 0 Å². The van der Waals surface area contributed by atoms with Gasteiger partial charge in [-0.25, -0.2) is 0 Å². The predicted molar refractivity (Wildman–Crippen MR) is 62.2 cm³/mol. The van der Waals surface area contributed by atoms with Crippen LogP contribution in [0.15, 0.2) is 12.1 Å². The molecule has 0 saturated heterocycles. The molecule has 0 aliphatic carbocycles. The van der Waals surface area contributed by atoms with Crippen molar-refractivity contribution in [3.05, 3.63) is 29.1 Å². The van der Waals surface area contributed by atoms with Gasteiger partial charge in [0.2, 0.25) is 0 Å². The number of pyridine rings is 1. The second-order valence-corrected chi connectivity index (χ2v) is 4.01. The van der Waals surface area contributed by atoms with Crippen LogP contribution in [0.5, 0.6) is 0 Å². The van der Waals surface area contributed by atoms with Crippen LogP contribution in [0.4, 0.5) is 0 Å². The van der Waals surface area contributed by atoms with Crippen LogP contribution in [-0.4, -0.2) is 35.0 Å². The zero-order chi connectivity index (χ0) is 12.3. The minimum atomic E-state index is -0.682. The fourth-order valence-electron chi connectivity index (χ4n) is 1.45. The lowest BCUT2D eigenvalue weighted by Gasteiger charge is -2.16. The Labute approximate surface area is 95.9 Å². The number of amides is 1. The van der Waals surface area contributed by atoms with Crippen LogP contribution in [0.1, 0.15) is 41.2 Å². The van der Waals surface area contributed by atoms with E-state index < -0.39 is 6.10 Å². The largest absolute Gasteiger partial charge is 0.387 e. The standard InChI is InChI=1S/C12H18N2O2/c1-5-10(15)11-9(12(16)14(3)4)7-6-8(2)13-11/h6-7,10,15H,5H2,1-4H3. The maximum Gasteiger partial charge on any atom is 0.255 e. The molecular formula is C12H18N2O2. The average molecular weight is 222 g/mol. The van der Waals surface area contributed by atoms with Gasteiger partial charge in [-0.3, -0.25) is 9.78 Å². The van der Waals surface area contributed by atoms with Crippen LogP contribution in [0.3, 0.4) is 0 Å². The molecule has 88 valence electrons. The van der Waals surface area contributed by atoms with Gasteiger partial charge >= 0.3 is 0 Å². The third kappa shape index (κ3) is 2.58. The normalized spacial score (nSPS) is 12.3. The minimum absolute atomic E-state index is 0.130. The molecule has 0 saturated carbocycles. The molecule has 1 rings (SSSR count). The third-order valence-corrected chi connectivity index (χ3v) is 2.40. The Hall–Kier alpha value is -1.42. The number of aliphatic hydroxyl groups excluding tert-OH is 1. The zero-order valence-electron chi connectivity index (χ0n) is 10.2. The van der Waals surface area contributed by atoms with Crippen LogP contribution in [-0.2, 0) is 0 Å². The quantitative estimate of drug-likeness (QED) is 0.844. The smallest absolute Gasteiger partial charge is 0.255 e. The van der Waals surface area contributed by atoms with E-state index in [9.17, 15) is 9.90 Å². The topological polar surface area (TPSA) is 53.4 Å². The summed E-state index contributed by atoms with van der Waals surface area (Å²) in [4.78, 5) is 17.6. The van der Waals surface area contributed by atoms with Gasteiger partial charge in [0.05, 0.1) is 17.4 Å². The molecule has 1 atom stereocenters. The number of nitrogens with zero attached hydrogens (tertiary/aromatic N) is 2. The number of aromatic nitrogens is 1. The van der Waals surface area contributed by atoms with Gasteiger partial charge in [-0.05, 0) is 25.5 Å². The predicted octanol–water partition coefficient (Wildman–Crippen LogP) is 1.54. The summed E-state index contributed by atoms with van der Waals surface area (Å²) >= 11 is 0. The van der Waals surface area contributed by atoms with Crippen LogP contribution in [0.2, 0.25) is 0 Å². The Morgan fingerprint density at radius 3 is 2.62 bits per heavy atom. The summed E-state index contributed by atoms with van der Waals surface area (Å²) in [5.74, 6) is -0.130. The first kappa shape index (κ1) is 12.6. The highest BCUT2D eigenvalue weighted by Gasteiger charge is 2.19. The van der Waals surface area contributed by atoms with E-state index in [2.05, 4.69) is 4.98 Å². The maximum atomic E-state index is 11.9. The Morgan fingerprint density at radius 2 is 2.12 bits per heavy atom. The summed E-state index contributed by atoms with van der Waals surface area (Å²) in [6.45, 7) is 3.70. The number of hydrogen-bond acceptors (Lipinski definition) is 3. The van der Waals surface area contributed by atoms with Crippen molar-refractivity contribution in [3.63, 3.8) is 0 Å². The van der Waals surface area contributed by atoms with Crippen LogP contribution in [0.25, 0.3) is 0 Å². The van der Waals surface area contributed by atoms with Gasteiger partial charge in [-0.15, -0.1) is 0 Å². The number of carbonyl (C=O) groups is 1. The molecule has 1 N–H and O–H groups in total. The van der Waals surface area contributed by atoms with Crippen molar-refractivity contribution >= 4 is 5.91 Å². The molecule has 0 radical (unpaired) electrons. The molecule has 0 fully saturated rings. The first-order valence-electron chi connectivity index (χ1n) is 5.34. The molecule has 0 spiro atoms. The van der Waals surface area contributed by atoms with E-state index in [1.807, 2.05) is 13.8 Å². The van der Waals surface area contributed by atoms with E-state index in [1.54, 1.807) is 26.2 Å². The Kier molecular flexibility index (Phi) is 4.01. The van der Waals surface area contributed by atoms with Gasteiger partial charge < -0.3 is 10.0 Å². The second-order valence-electron chi connectivity index (χ2n) is 4.01. The third-order valence-electron chi connectivity index (χ3n) is 2.40. The Balaban J connectivity index is 3.22. The summed E-state index contributed by atoms with van der Waals surface area (Å²) in [7, 11) is 3.37. The van der Waals surface area contributed by atoms with Crippen molar-refractivity contribution in [2.75, 3.05) is 14.1 Å². The van der Waals surface area contributed by atoms with Gasteiger partial charge in [0.1, 0.15) is 0 Å². The lowest BCUT2D eigenvalue weighted by Crippen LogP contribution is -2.24. The van der Waals surface area contributed by atoms with E-state index in [-0.39, 0.29) is 5.91 Å². The van der Waals surface area contributed by atoms with E-state index in [4.69, 9.17) is 0 Å². The highest BCUT2D eigenvalue weighted by molar-refractivity contribution is 5.95. The molecule has 0 bridgehead atoms. The number of rotatable bonds is 3. The molecule has 4 nitrogen and oxygen atoms in total. The van der Waals surface area contributed by atoms with E-state index in [0.29, 0.717) is 17.7 Å². The van der Waals surface area contributed by atoms with Gasteiger partial charge in [0, 0.05) is 19.8 Å². The van der Waals surface area contributed by atoms with Crippen molar-refractivity contribution in [1.29, 1.82) is 0 Å². The Bertz CT molecular complexity index is 389. The number of carbonyl (C=O) groups excluding carboxylic acids is 1. The summed E-state index contributed by atoms with van der Waals surface area (Å²) in [6.07, 6.45) is -0.136. The zero-order valence-corrected chi connectivity index (χ0v) is 10.2. The lowest BCUT2D eigenvalue weighted by atomic mass is 10.1. The summed E-state index contributed by atoms with van der Waals surface area (Å²) < 4.78 is 0.